The summed E-state index contributed by atoms with van der Waals surface area (Å²) < 4.78 is 0. The van der Waals surface area contributed by atoms with Crippen molar-refractivity contribution >= 4 is 5.91 Å². The van der Waals surface area contributed by atoms with Crippen molar-refractivity contribution in [2.45, 2.75) is 360 Å². The first-order valence-corrected chi connectivity index (χ1v) is 33.2. The molecule has 1 amide bonds. The summed E-state index contributed by atoms with van der Waals surface area (Å²) in [5.41, 5.74) is 0. The zero-order chi connectivity index (χ0) is 53.4. The van der Waals surface area contributed by atoms with Crippen molar-refractivity contribution in [3.05, 3.63) is 72.9 Å². The van der Waals surface area contributed by atoms with Crippen molar-refractivity contribution in [1.29, 1.82) is 0 Å². The molecule has 0 aliphatic rings. The van der Waals surface area contributed by atoms with Gasteiger partial charge < -0.3 is 15.5 Å². The summed E-state index contributed by atoms with van der Waals surface area (Å²) in [6, 6.07) is -0.627. The minimum atomic E-state index is -0.844. The van der Waals surface area contributed by atoms with Gasteiger partial charge in [0.2, 0.25) is 5.91 Å². The number of aliphatic hydroxyl groups is 2. The Kier molecular flexibility index (Phi) is 63.2. The molecular formula is C70H129NO3. The molecule has 0 heterocycles. The highest BCUT2D eigenvalue weighted by Crippen LogP contribution is 2.18. The number of unbranched alkanes of at least 4 members (excludes halogenated alkanes) is 44. The first-order chi connectivity index (χ1) is 36.7. The highest BCUT2D eigenvalue weighted by atomic mass is 16.3. The monoisotopic (exact) mass is 1030 g/mol. The van der Waals surface area contributed by atoms with E-state index in [4.69, 9.17) is 0 Å². The van der Waals surface area contributed by atoms with Crippen molar-refractivity contribution in [3.63, 3.8) is 0 Å². The third kappa shape index (κ3) is 60.7. The van der Waals surface area contributed by atoms with Gasteiger partial charge in [-0.2, -0.15) is 0 Å². The van der Waals surface area contributed by atoms with Gasteiger partial charge in [0, 0.05) is 6.42 Å². The molecule has 74 heavy (non-hydrogen) atoms. The summed E-state index contributed by atoms with van der Waals surface area (Å²) in [6.07, 6.45) is 94.0. The second-order valence-electron chi connectivity index (χ2n) is 22.5. The topological polar surface area (TPSA) is 69.6 Å². The van der Waals surface area contributed by atoms with E-state index in [0.717, 1.165) is 57.8 Å². The molecule has 3 N–H and O–H groups in total. The lowest BCUT2D eigenvalue weighted by molar-refractivity contribution is -0.123. The number of hydrogen-bond donors (Lipinski definition) is 3. The molecule has 0 aliphatic carbocycles. The van der Waals surface area contributed by atoms with Gasteiger partial charge in [-0.05, 0) is 64.2 Å². The van der Waals surface area contributed by atoms with E-state index in [2.05, 4.69) is 79.9 Å². The van der Waals surface area contributed by atoms with E-state index in [1.807, 2.05) is 6.08 Å². The van der Waals surface area contributed by atoms with Gasteiger partial charge in [0.25, 0.3) is 0 Å². The van der Waals surface area contributed by atoms with Gasteiger partial charge >= 0.3 is 0 Å². The molecule has 0 spiro atoms. The number of carbonyl (C=O) groups is 1. The molecule has 2 atom stereocenters. The average molecular weight is 1030 g/mol. The van der Waals surface area contributed by atoms with Crippen LogP contribution in [0.1, 0.15) is 348 Å². The van der Waals surface area contributed by atoms with Gasteiger partial charge in [0.05, 0.1) is 18.8 Å². The van der Waals surface area contributed by atoms with Crippen molar-refractivity contribution in [3.8, 4) is 0 Å². The molecule has 432 valence electrons. The number of allylic oxidation sites excluding steroid dienone is 11. The van der Waals surface area contributed by atoms with E-state index in [1.54, 1.807) is 6.08 Å². The molecule has 2 unspecified atom stereocenters. The zero-order valence-corrected chi connectivity index (χ0v) is 49.9. The number of hydrogen-bond acceptors (Lipinski definition) is 3. The lowest BCUT2D eigenvalue weighted by Gasteiger charge is -2.20. The van der Waals surface area contributed by atoms with Gasteiger partial charge in [-0.15, -0.1) is 0 Å². The van der Waals surface area contributed by atoms with Crippen LogP contribution in [-0.4, -0.2) is 34.9 Å². The minimum Gasteiger partial charge on any atom is -0.394 e. The molecule has 0 saturated heterocycles. The molecule has 0 aliphatic heterocycles. The quantitative estimate of drug-likeness (QED) is 0.0420. The van der Waals surface area contributed by atoms with Crippen LogP contribution < -0.4 is 5.32 Å². The van der Waals surface area contributed by atoms with Crippen LogP contribution >= 0.6 is 0 Å². The molecule has 0 fully saturated rings. The average Bonchev–Trinajstić information content (AvgIpc) is 3.40. The van der Waals surface area contributed by atoms with Crippen LogP contribution in [0.5, 0.6) is 0 Å². The SMILES string of the molecule is CC/C=C\C/C=C\C/C=C\C/C=C\C/C=C\CCCCCCCCCCCCCCCCCC(=O)NC(CO)C(O)/C=C/CCCCCCCCCCCCCCCCCCCCCCCCCCCCCCC. The molecule has 0 aromatic rings. The number of rotatable bonds is 61. The fraction of sp³-hybridized carbons (Fsp3) is 0.814. The third-order valence-electron chi connectivity index (χ3n) is 15.2. The molecule has 0 rings (SSSR count). The number of amides is 1. The standard InChI is InChI=1S/C70H129NO3/c1-3-5-7-9-11-13-15-17-19-21-23-25-27-29-31-33-35-37-39-41-43-45-47-49-51-53-55-57-59-61-63-65-69(73)68(67-72)71-70(74)66-64-62-60-58-56-54-52-50-48-46-44-42-40-38-36-34-32-30-28-26-24-22-20-18-16-14-12-10-8-6-4-2/h6,8,12,14,18,20,24,26,30,32,63,65,68-69,72-73H,3-5,7,9-11,13,15-17,19,21-23,25,27-29,31,33-62,64,66-67H2,1-2H3,(H,71,74)/b8-6-,14-12-,20-18-,26-24-,32-30-,65-63+. The first-order valence-electron chi connectivity index (χ1n) is 33.2. The van der Waals surface area contributed by atoms with Crippen molar-refractivity contribution in [1.82, 2.24) is 5.32 Å². The maximum absolute atomic E-state index is 12.5. The maximum Gasteiger partial charge on any atom is 0.220 e. The van der Waals surface area contributed by atoms with Crippen molar-refractivity contribution in [2.24, 2.45) is 0 Å². The van der Waals surface area contributed by atoms with Crippen LogP contribution in [0, 0.1) is 0 Å². The number of carbonyl (C=O) groups excluding carboxylic acids is 1. The smallest absolute Gasteiger partial charge is 0.220 e. The van der Waals surface area contributed by atoms with E-state index in [9.17, 15) is 15.0 Å². The van der Waals surface area contributed by atoms with Crippen LogP contribution in [0.15, 0.2) is 72.9 Å². The van der Waals surface area contributed by atoms with E-state index < -0.39 is 12.1 Å². The molecule has 0 aromatic carbocycles. The predicted molar refractivity (Wildman–Crippen MR) is 331 cm³/mol. The van der Waals surface area contributed by atoms with Crippen LogP contribution in [0.25, 0.3) is 0 Å². The summed E-state index contributed by atoms with van der Waals surface area (Å²) >= 11 is 0. The Morgan fingerprint density at radius 2 is 0.595 bits per heavy atom. The normalized spacial score (nSPS) is 13.2. The molecule has 0 radical (unpaired) electrons. The maximum atomic E-state index is 12.5. The minimum absolute atomic E-state index is 0.0614. The van der Waals surface area contributed by atoms with E-state index >= 15 is 0 Å². The number of nitrogens with one attached hydrogen (secondary N) is 1. The molecule has 0 bridgehead atoms. The Labute approximate surface area is 463 Å². The Morgan fingerprint density at radius 3 is 0.892 bits per heavy atom. The molecular weight excluding hydrogens is 903 g/mol. The highest BCUT2D eigenvalue weighted by molar-refractivity contribution is 5.76. The zero-order valence-electron chi connectivity index (χ0n) is 49.9. The van der Waals surface area contributed by atoms with Gasteiger partial charge in [-0.25, -0.2) is 0 Å². The van der Waals surface area contributed by atoms with Crippen molar-refractivity contribution < 1.29 is 15.0 Å². The van der Waals surface area contributed by atoms with Crippen LogP contribution in [0.4, 0.5) is 0 Å². The van der Waals surface area contributed by atoms with Gasteiger partial charge in [-0.3, -0.25) is 4.79 Å². The van der Waals surface area contributed by atoms with Gasteiger partial charge in [0.1, 0.15) is 0 Å². The lowest BCUT2D eigenvalue weighted by atomic mass is 10.0. The highest BCUT2D eigenvalue weighted by Gasteiger charge is 2.18. The fourth-order valence-corrected chi connectivity index (χ4v) is 10.2. The molecule has 4 heteroatoms. The third-order valence-corrected chi connectivity index (χ3v) is 15.2. The summed E-state index contributed by atoms with van der Waals surface area (Å²) in [7, 11) is 0. The summed E-state index contributed by atoms with van der Waals surface area (Å²) in [5.74, 6) is -0.0614. The summed E-state index contributed by atoms with van der Waals surface area (Å²) in [4.78, 5) is 12.5. The van der Waals surface area contributed by atoms with Crippen LogP contribution in [0.3, 0.4) is 0 Å². The lowest BCUT2D eigenvalue weighted by Crippen LogP contribution is -2.45. The van der Waals surface area contributed by atoms with Crippen molar-refractivity contribution in [2.75, 3.05) is 6.61 Å². The Balaban J connectivity index is 3.46. The van der Waals surface area contributed by atoms with E-state index in [1.165, 1.54) is 270 Å². The first kappa shape index (κ1) is 71.8. The van der Waals surface area contributed by atoms with Crippen LogP contribution in [-0.2, 0) is 4.79 Å². The Bertz CT molecular complexity index is 1260. The fourth-order valence-electron chi connectivity index (χ4n) is 10.2. The van der Waals surface area contributed by atoms with Gasteiger partial charge in [0.15, 0.2) is 0 Å². The molecule has 4 nitrogen and oxygen atoms in total. The second-order valence-corrected chi connectivity index (χ2v) is 22.5. The largest absolute Gasteiger partial charge is 0.394 e. The van der Waals surface area contributed by atoms with E-state index in [0.29, 0.717) is 6.42 Å². The summed E-state index contributed by atoms with van der Waals surface area (Å²) in [6.45, 7) is 4.23. The molecule has 0 aromatic heterocycles. The Morgan fingerprint density at radius 1 is 0.338 bits per heavy atom. The summed E-state index contributed by atoms with van der Waals surface area (Å²) in [5, 5.41) is 23.3. The van der Waals surface area contributed by atoms with E-state index in [-0.39, 0.29) is 12.5 Å². The Hall–Kier alpha value is -2.17. The second kappa shape index (κ2) is 65.1. The number of aliphatic hydroxyl groups excluding tert-OH is 2. The predicted octanol–water partition coefficient (Wildman–Crippen LogP) is 22.5. The van der Waals surface area contributed by atoms with Gasteiger partial charge in [-0.1, -0.05) is 350 Å². The molecule has 0 saturated carbocycles. The van der Waals surface area contributed by atoms with Crippen LogP contribution in [0.2, 0.25) is 0 Å².